The number of hydrogen-bond donors (Lipinski definition) is 1. The molecule has 0 aromatic carbocycles. The number of nitrogens with zero attached hydrogens (tertiary/aromatic N) is 3. The van der Waals surface area contributed by atoms with Gasteiger partial charge in [-0.3, -0.25) is 4.68 Å². The van der Waals surface area contributed by atoms with Crippen molar-refractivity contribution in [1.82, 2.24) is 9.78 Å². The molecule has 4 heteroatoms. The van der Waals surface area contributed by atoms with Gasteiger partial charge in [-0.2, -0.15) is 10.4 Å². The van der Waals surface area contributed by atoms with E-state index in [4.69, 9.17) is 0 Å². The Bertz CT molecular complexity index is 609. The first-order valence-corrected chi connectivity index (χ1v) is 7.37. The molecule has 0 aliphatic carbocycles. The number of nitriles is 1. The highest BCUT2D eigenvalue weighted by Gasteiger charge is 2.23. The van der Waals surface area contributed by atoms with Gasteiger partial charge in [-0.05, 0) is 30.9 Å². The smallest absolute Gasteiger partial charge is 0.0994 e. The fraction of sp³-hybridized carbons (Fsp3) is 0.444. The van der Waals surface area contributed by atoms with Crippen molar-refractivity contribution in [3.8, 4) is 6.07 Å². The van der Waals surface area contributed by atoms with E-state index in [1.807, 2.05) is 6.20 Å². The lowest BCUT2D eigenvalue weighted by atomic mass is 9.81. The summed E-state index contributed by atoms with van der Waals surface area (Å²) < 4.78 is 1.73. The van der Waals surface area contributed by atoms with E-state index in [0.717, 1.165) is 11.1 Å². The monoisotopic (exact) mass is 299 g/mol. The predicted octanol–water partition coefficient (Wildman–Crippen LogP) is 3.59. The molecule has 0 spiro atoms. The van der Waals surface area contributed by atoms with Crippen LogP contribution < -0.4 is 0 Å². The minimum atomic E-state index is -0.827. The largest absolute Gasteiger partial charge is 0.389 e. The van der Waals surface area contributed by atoms with Gasteiger partial charge in [0, 0.05) is 12.1 Å². The molecular weight excluding hydrogens is 274 g/mol. The number of allylic oxidation sites excluding steroid dienone is 4. The van der Waals surface area contributed by atoms with Gasteiger partial charge in [-0.15, -0.1) is 0 Å². The van der Waals surface area contributed by atoms with Crippen molar-refractivity contribution in [2.24, 2.45) is 5.92 Å². The van der Waals surface area contributed by atoms with Gasteiger partial charge in [0.1, 0.15) is 0 Å². The molecule has 1 atom stereocenters. The average Bonchev–Trinajstić information content (AvgIpc) is 2.84. The van der Waals surface area contributed by atoms with E-state index in [1.54, 1.807) is 36.9 Å². The zero-order chi connectivity index (χ0) is 16.9. The molecule has 1 heterocycles. The van der Waals surface area contributed by atoms with Gasteiger partial charge in [0.15, 0.2) is 0 Å². The van der Waals surface area contributed by atoms with Crippen molar-refractivity contribution in [3.05, 3.63) is 54.4 Å². The standard InChI is InChI=1S/C18H25N3O/c1-7-14(9-19)16(8-2)17(13(3)4)15-10-20-21(11-15)12-18(5,6)22/h7-8,10-11,13,17,22H,1-2,12H2,3-6H3/b16-14-. The van der Waals surface area contributed by atoms with Gasteiger partial charge in [0.25, 0.3) is 0 Å². The molecule has 0 fully saturated rings. The Kier molecular flexibility index (Phi) is 5.90. The Morgan fingerprint density at radius 1 is 1.45 bits per heavy atom. The van der Waals surface area contributed by atoms with Crippen LogP contribution in [0.15, 0.2) is 48.8 Å². The highest BCUT2D eigenvalue weighted by Crippen LogP contribution is 2.34. The second-order valence-electron chi connectivity index (χ2n) is 6.39. The van der Waals surface area contributed by atoms with Crippen LogP contribution in [0.1, 0.15) is 39.2 Å². The van der Waals surface area contributed by atoms with Crippen molar-refractivity contribution in [2.45, 2.75) is 45.8 Å². The molecule has 22 heavy (non-hydrogen) atoms. The molecule has 0 bridgehead atoms. The lowest BCUT2D eigenvalue weighted by Crippen LogP contribution is -2.26. The van der Waals surface area contributed by atoms with Crippen LogP contribution in [0, 0.1) is 17.2 Å². The molecule has 1 rings (SSSR count). The highest BCUT2D eigenvalue weighted by atomic mass is 16.3. The normalized spacial score (nSPS) is 14.2. The summed E-state index contributed by atoms with van der Waals surface area (Å²) in [4.78, 5) is 0. The maximum atomic E-state index is 9.91. The second kappa shape index (κ2) is 7.24. The van der Waals surface area contributed by atoms with Crippen molar-refractivity contribution in [1.29, 1.82) is 5.26 Å². The molecule has 0 radical (unpaired) electrons. The van der Waals surface area contributed by atoms with Gasteiger partial charge in [0.2, 0.25) is 0 Å². The number of rotatable bonds is 7. The molecule has 0 saturated carbocycles. The SMILES string of the molecule is C=C/C(C#N)=C(\C=C)C(c1cnn(CC(C)(C)O)c1)C(C)C. The minimum Gasteiger partial charge on any atom is -0.389 e. The summed E-state index contributed by atoms with van der Waals surface area (Å²) in [7, 11) is 0. The molecule has 0 aliphatic rings. The van der Waals surface area contributed by atoms with Crippen LogP contribution in [0.5, 0.6) is 0 Å². The Hall–Kier alpha value is -2.12. The molecular formula is C18H25N3O. The van der Waals surface area contributed by atoms with Crippen molar-refractivity contribution < 1.29 is 5.11 Å². The first-order valence-electron chi connectivity index (χ1n) is 7.37. The number of hydrogen-bond acceptors (Lipinski definition) is 3. The summed E-state index contributed by atoms with van der Waals surface area (Å²) in [6.45, 7) is 15.7. The second-order valence-corrected chi connectivity index (χ2v) is 6.39. The van der Waals surface area contributed by atoms with E-state index in [1.165, 1.54) is 0 Å². The third-order valence-corrected chi connectivity index (χ3v) is 3.42. The summed E-state index contributed by atoms with van der Waals surface area (Å²) in [5.74, 6) is 0.289. The summed E-state index contributed by atoms with van der Waals surface area (Å²) >= 11 is 0. The van der Waals surface area contributed by atoms with Gasteiger partial charge in [-0.25, -0.2) is 0 Å². The molecule has 1 N–H and O–H groups in total. The first kappa shape index (κ1) is 17.9. The quantitative estimate of drug-likeness (QED) is 0.618. The lowest BCUT2D eigenvalue weighted by molar-refractivity contribution is 0.0577. The van der Waals surface area contributed by atoms with Gasteiger partial charge >= 0.3 is 0 Å². The Morgan fingerprint density at radius 3 is 2.50 bits per heavy atom. The molecule has 118 valence electrons. The van der Waals surface area contributed by atoms with Crippen LogP contribution >= 0.6 is 0 Å². The summed E-state index contributed by atoms with van der Waals surface area (Å²) in [5, 5.41) is 23.5. The molecule has 1 aromatic rings. The van der Waals surface area contributed by atoms with Crippen molar-refractivity contribution >= 4 is 0 Å². The van der Waals surface area contributed by atoms with Crippen molar-refractivity contribution in [2.75, 3.05) is 0 Å². The summed E-state index contributed by atoms with van der Waals surface area (Å²) in [5.41, 5.74) is 1.56. The summed E-state index contributed by atoms with van der Waals surface area (Å²) in [6.07, 6.45) is 6.99. The van der Waals surface area contributed by atoms with Crippen LogP contribution in [0.2, 0.25) is 0 Å². The van der Waals surface area contributed by atoms with E-state index < -0.39 is 5.60 Å². The van der Waals surface area contributed by atoms with Crippen LogP contribution in [-0.2, 0) is 6.54 Å². The first-order chi connectivity index (χ1) is 10.2. The van der Waals surface area contributed by atoms with Crippen LogP contribution in [0.3, 0.4) is 0 Å². The van der Waals surface area contributed by atoms with Crippen LogP contribution in [-0.4, -0.2) is 20.5 Å². The maximum absolute atomic E-state index is 9.91. The molecule has 0 amide bonds. The number of aliphatic hydroxyl groups is 1. The Labute approximate surface area is 133 Å². The Morgan fingerprint density at radius 2 is 2.09 bits per heavy atom. The molecule has 0 aliphatic heterocycles. The van der Waals surface area contributed by atoms with E-state index in [-0.39, 0.29) is 11.8 Å². The van der Waals surface area contributed by atoms with E-state index in [0.29, 0.717) is 12.1 Å². The Balaban J connectivity index is 3.28. The zero-order valence-electron chi connectivity index (χ0n) is 13.9. The lowest BCUT2D eigenvalue weighted by Gasteiger charge is -2.22. The van der Waals surface area contributed by atoms with Gasteiger partial charge in [0.05, 0.1) is 30.0 Å². The molecule has 1 aromatic heterocycles. The van der Waals surface area contributed by atoms with Crippen LogP contribution in [0.4, 0.5) is 0 Å². The maximum Gasteiger partial charge on any atom is 0.0994 e. The van der Waals surface area contributed by atoms with E-state index in [9.17, 15) is 10.4 Å². The van der Waals surface area contributed by atoms with Gasteiger partial charge < -0.3 is 5.11 Å². The molecule has 0 saturated heterocycles. The minimum absolute atomic E-state index is 0.0145. The van der Waals surface area contributed by atoms with Crippen LogP contribution in [0.25, 0.3) is 0 Å². The van der Waals surface area contributed by atoms with Crippen molar-refractivity contribution in [3.63, 3.8) is 0 Å². The fourth-order valence-electron chi connectivity index (χ4n) is 2.58. The predicted molar refractivity (Wildman–Crippen MR) is 89.1 cm³/mol. The van der Waals surface area contributed by atoms with E-state index in [2.05, 4.69) is 38.2 Å². The third kappa shape index (κ3) is 4.44. The average molecular weight is 299 g/mol. The van der Waals surface area contributed by atoms with E-state index >= 15 is 0 Å². The molecule has 4 nitrogen and oxygen atoms in total. The van der Waals surface area contributed by atoms with Gasteiger partial charge in [-0.1, -0.05) is 39.2 Å². The number of aromatic nitrogens is 2. The fourth-order valence-corrected chi connectivity index (χ4v) is 2.58. The third-order valence-electron chi connectivity index (χ3n) is 3.42. The molecule has 1 unspecified atom stereocenters. The zero-order valence-corrected chi connectivity index (χ0v) is 13.9. The topological polar surface area (TPSA) is 61.8 Å². The highest BCUT2D eigenvalue weighted by molar-refractivity contribution is 5.47. The summed E-state index contributed by atoms with van der Waals surface area (Å²) in [6, 6.07) is 2.18.